The van der Waals surface area contributed by atoms with Gasteiger partial charge in [0, 0.05) is 36.2 Å². The number of likely N-dealkylation sites (tertiary alicyclic amines) is 1. The number of hydrogen-bond acceptors (Lipinski definition) is 6. The highest BCUT2D eigenvalue weighted by molar-refractivity contribution is 5.92. The third-order valence-corrected chi connectivity index (χ3v) is 6.83. The summed E-state index contributed by atoms with van der Waals surface area (Å²) >= 11 is 0. The van der Waals surface area contributed by atoms with E-state index in [1.807, 2.05) is 17.2 Å². The van der Waals surface area contributed by atoms with E-state index in [4.69, 9.17) is 4.74 Å². The van der Waals surface area contributed by atoms with Gasteiger partial charge in [-0.2, -0.15) is 5.10 Å². The lowest BCUT2D eigenvalue weighted by Gasteiger charge is -2.32. The second-order valence-electron chi connectivity index (χ2n) is 9.33. The number of amides is 1. The zero-order valence-corrected chi connectivity index (χ0v) is 20.4. The number of nitrogens with one attached hydrogen (secondary N) is 2. The Hall–Kier alpha value is -3.53. The van der Waals surface area contributed by atoms with Gasteiger partial charge in [-0.1, -0.05) is 13.8 Å². The second-order valence-corrected chi connectivity index (χ2v) is 9.33. The molecule has 0 unspecified atom stereocenters. The number of piperidine rings is 1. The van der Waals surface area contributed by atoms with E-state index in [0.29, 0.717) is 60.5 Å². The summed E-state index contributed by atoms with van der Waals surface area (Å²) in [4.78, 5) is 26.2. The summed E-state index contributed by atoms with van der Waals surface area (Å²) < 4.78 is 23.3. The first kappa shape index (κ1) is 23.2. The Balaban J connectivity index is 1.55. The molecule has 0 aromatic carbocycles. The summed E-state index contributed by atoms with van der Waals surface area (Å²) in [6.45, 7) is 5.65. The third kappa shape index (κ3) is 4.01. The first-order valence-corrected chi connectivity index (χ1v) is 11.9. The zero-order valence-electron chi connectivity index (χ0n) is 20.4. The molecule has 1 amide bonds. The largest absolute Gasteiger partial charge is 0.493 e. The number of fused-ring (bicyclic) bond motifs is 2. The predicted octanol–water partition coefficient (Wildman–Crippen LogP) is 3.47. The van der Waals surface area contributed by atoms with Gasteiger partial charge in [0.05, 0.1) is 36.8 Å². The van der Waals surface area contributed by atoms with Crippen molar-refractivity contribution in [3.8, 4) is 17.0 Å². The molecule has 0 bridgehead atoms. The SMILES string of the molecule is CNCC(=O)N1CCC(c2ncc3[nH]c(-c4cc(OC)c5ncnn5c4)c(C(C)C)c3c2F)CC1. The highest BCUT2D eigenvalue weighted by atomic mass is 19.1. The highest BCUT2D eigenvalue weighted by Gasteiger charge is 2.29. The quantitative estimate of drug-likeness (QED) is 0.439. The van der Waals surface area contributed by atoms with E-state index in [-0.39, 0.29) is 23.6 Å². The fraction of sp³-hybridized carbons (Fsp3) is 0.440. The van der Waals surface area contributed by atoms with Gasteiger partial charge in [0.2, 0.25) is 5.91 Å². The molecule has 0 spiro atoms. The van der Waals surface area contributed by atoms with Crippen LogP contribution in [0.25, 0.3) is 27.8 Å². The maximum Gasteiger partial charge on any atom is 0.236 e. The minimum Gasteiger partial charge on any atom is -0.493 e. The highest BCUT2D eigenvalue weighted by Crippen LogP contribution is 2.40. The number of rotatable bonds is 6. The Bertz CT molecular complexity index is 1390. The van der Waals surface area contributed by atoms with Crippen LogP contribution in [0.1, 0.15) is 49.8 Å². The van der Waals surface area contributed by atoms with Crippen molar-refractivity contribution >= 4 is 22.5 Å². The van der Waals surface area contributed by atoms with E-state index in [0.717, 1.165) is 16.8 Å². The number of carbonyl (C=O) groups is 1. The lowest BCUT2D eigenvalue weighted by atomic mass is 9.90. The van der Waals surface area contributed by atoms with Crippen LogP contribution in [-0.2, 0) is 4.79 Å². The first-order valence-electron chi connectivity index (χ1n) is 11.9. The van der Waals surface area contributed by atoms with Crippen molar-refractivity contribution in [3.63, 3.8) is 0 Å². The summed E-state index contributed by atoms with van der Waals surface area (Å²) in [5.74, 6) is 0.423. The molecule has 1 aliphatic rings. The average Bonchev–Trinajstić information content (AvgIpc) is 3.49. The van der Waals surface area contributed by atoms with Crippen LogP contribution >= 0.6 is 0 Å². The molecule has 0 aliphatic carbocycles. The Labute approximate surface area is 202 Å². The van der Waals surface area contributed by atoms with Crippen LogP contribution in [0.2, 0.25) is 0 Å². The van der Waals surface area contributed by atoms with Gasteiger partial charge in [-0.3, -0.25) is 9.78 Å². The number of pyridine rings is 2. The van der Waals surface area contributed by atoms with Crippen LogP contribution in [0.3, 0.4) is 0 Å². The Morgan fingerprint density at radius 2 is 2.09 bits per heavy atom. The Kier molecular flexibility index (Phi) is 6.14. The molecule has 0 saturated carbocycles. The van der Waals surface area contributed by atoms with Crippen LogP contribution in [0.15, 0.2) is 24.8 Å². The van der Waals surface area contributed by atoms with E-state index in [1.54, 1.807) is 24.9 Å². The van der Waals surface area contributed by atoms with E-state index < -0.39 is 0 Å². The van der Waals surface area contributed by atoms with Crippen LogP contribution in [-0.4, -0.2) is 69.2 Å². The maximum absolute atomic E-state index is 16.1. The molecule has 5 rings (SSSR count). The van der Waals surface area contributed by atoms with Gasteiger partial charge >= 0.3 is 0 Å². The van der Waals surface area contributed by atoms with Crippen molar-refractivity contribution in [2.75, 3.05) is 33.8 Å². The van der Waals surface area contributed by atoms with Gasteiger partial charge in [0.1, 0.15) is 6.33 Å². The number of likely N-dealkylation sites (N-methyl/N-ethyl adjacent to an activating group) is 1. The normalized spacial score (nSPS) is 15.0. The molecule has 0 atom stereocenters. The molecule has 5 heterocycles. The van der Waals surface area contributed by atoms with Crippen molar-refractivity contribution in [2.45, 2.75) is 38.5 Å². The molecule has 1 saturated heterocycles. The lowest BCUT2D eigenvalue weighted by molar-refractivity contribution is -0.131. The fourth-order valence-corrected chi connectivity index (χ4v) is 5.12. The summed E-state index contributed by atoms with van der Waals surface area (Å²) in [5.41, 5.74) is 4.30. The molecule has 4 aromatic rings. The summed E-state index contributed by atoms with van der Waals surface area (Å²) in [7, 11) is 3.35. The smallest absolute Gasteiger partial charge is 0.236 e. The maximum atomic E-state index is 16.1. The summed E-state index contributed by atoms with van der Waals surface area (Å²) in [6, 6.07) is 1.89. The van der Waals surface area contributed by atoms with Crippen molar-refractivity contribution in [1.29, 1.82) is 0 Å². The standard InChI is InChI=1S/C25H30FN7O2/c1-14(2)20-21-17(31-23(20)16-9-18(35-4)25-29-13-30-33(25)12-16)10-28-24(22(21)26)15-5-7-32(8-6-15)19(34)11-27-3/h9-10,12-15,27,31H,5-8,11H2,1-4H3. The minimum atomic E-state index is -0.275. The van der Waals surface area contributed by atoms with E-state index in [1.165, 1.54) is 6.33 Å². The summed E-state index contributed by atoms with van der Waals surface area (Å²) in [5, 5.41) is 7.73. The number of ether oxygens (including phenoxy) is 1. The van der Waals surface area contributed by atoms with Crippen LogP contribution in [0.4, 0.5) is 4.39 Å². The van der Waals surface area contributed by atoms with E-state index in [9.17, 15) is 4.79 Å². The lowest BCUT2D eigenvalue weighted by Crippen LogP contribution is -2.42. The van der Waals surface area contributed by atoms with Gasteiger partial charge in [0.25, 0.3) is 0 Å². The molecule has 2 N–H and O–H groups in total. The monoisotopic (exact) mass is 479 g/mol. The van der Waals surface area contributed by atoms with Crippen molar-refractivity contribution in [1.82, 2.24) is 34.8 Å². The van der Waals surface area contributed by atoms with Gasteiger partial charge in [-0.25, -0.2) is 13.9 Å². The van der Waals surface area contributed by atoms with Crippen molar-refractivity contribution in [3.05, 3.63) is 41.9 Å². The fourth-order valence-electron chi connectivity index (χ4n) is 5.12. The Morgan fingerprint density at radius 3 is 2.77 bits per heavy atom. The summed E-state index contributed by atoms with van der Waals surface area (Å²) in [6.07, 6.45) is 6.46. The number of H-pyrrole nitrogens is 1. The molecule has 10 heteroatoms. The second kappa shape index (κ2) is 9.26. The van der Waals surface area contributed by atoms with E-state index in [2.05, 4.69) is 39.2 Å². The van der Waals surface area contributed by atoms with Crippen LogP contribution < -0.4 is 10.1 Å². The molecule has 184 valence electrons. The molecule has 0 radical (unpaired) electrons. The van der Waals surface area contributed by atoms with Crippen LogP contribution in [0, 0.1) is 5.82 Å². The molecular formula is C25H30FN7O2. The molecule has 4 aromatic heterocycles. The molecule has 1 aliphatic heterocycles. The number of nitrogens with zero attached hydrogens (tertiary/aromatic N) is 5. The number of carbonyl (C=O) groups excluding carboxylic acids is 1. The van der Waals surface area contributed by atoms with E-state index >= 15 is 4.39 Å². The molecular weight excluding hydrogens is 449 g/mol. The zero-order chi connectivity index (χ0) is 24.7. The van der Waals surface area contributed by atoms with Gasteiger partial charge in [-0.05, 0) is 37.4 Å². The minimum absolute atomic E-state index is 0.0250. The third-order valence-electron chi connectivity index (χ3n) is 6.83. The molecule has 9 nitrogen and oxygen atoms in total. The van der Waals surface area contributed by atoms with Gasteiger partial charge in [0.15, 0.2) is 17.2 Å². The predicted molar refractivity (Wildman–Crippen MR) is 131 cm³/mol. The average molecular weight is 480 g/mol. The number of aromatic amines is 1. The molecule has 35 heavy (non-hydrogen) atoms. The first-order chi connectivity index (χ1) is 16.9. The molecule has 1 fully saturated rings. The number of aromatic nitrogens is 5. The topological polar surface area (TPSA) is 100 Å². The van der Waals surface area contributed by atoms with Gasteiger partial charge < -0.3 is 19.9 Å². The van der Waals surface area contributed by atoms with Gasteiger partial charge in [-0.15, -0.1) is 0 Å². The van der Waals surface area contributed by atoms with Crippen LogP contribution in [0.5, 0.6) is 5.75 Å². The van der Waals surface area contributed by atoms with Crippen molar-refractivity contribution < 1.29 is 13.9 Å². The number of hydrogen-bond donors (Lipinski definition) is 2. The number of methoxy groups -OCH3 is 1. The number of halogens is 1. The Morgan fingerprint density at radius 1 is 1.31 bits per heavy atom. The van der Waals surface area contributed by atoms with Crippen molar-refractivity contribution in [2.24, 2.45) is 0 Å².